The summed E-state index contributed by atoms with van der Waals surface area (Å²) in [5, 5.41) is 18.1. The van der Waals surface area contributed by atoms with Crippen molar-refractivity contribution in [1.82, 2.24) is 9.78 Å². The Morgan fingerprint density at radius 2 is 2.20 bits per heavy atom. The highest BCUT2D eigenvalue weighted by Gasteiger charge is 2.18. The van der Waals surface area contributed by atoms with Crippen molar-refractivity contribution in [3.8, 4) is 0 Å². The lowest BCUT2D eigenvalue weighted by atomic mass is 10.1. The molecule has 0 spiro atoms. The van der Waals surface area contributed by atoms with E-state index in [2.05, 4.69) is 10.4 Å². The predicted octanol–water partition coefficient (Wildman–Crippen LogP) is 2.95. The molecule has 2 aromatic rings. The zero-order valence-electron chi connectivity index (χ0n) is 11.4. The number of nitro benzene ring substituents is 1. The Bertz CT molecular complexity index is 654. The molecule has 0 bridgehead atoms. The van der Waals surface area contributed by atoms with Gasteiger partial charge < -0.3 is 5.32 Å². The molecule has 20 heavy (non-hydrogen) atoms. The summed E-state index contributed by atoms with van der Waals surface area (Å²) in [5.41, 5.74) is 1.74. The minimum atomic E-state index is -0.537. The second kappa shape index (κ2) is 5.28. The summed E-state index contributed by atoms with van der Waals surface area (Å²) in [6, 6.07) is 3.13. The van der Waals surface area contributed by atoms with Crippen molar-refractivity contribution in [2.75, 3.05) is 5.32 Å². The van der Waals surface area contributed by atoms with Gasteiger partial charge in [-0.3, -0.25) is 14.8 Å². The molecule has 0 saturated heterocycles. The third kappa shape index (κ3) is 2.76. The van der Waals surface area contributed by atoms with Crippen LogP contribution in [-0.4, -0.2) is 14.7 Å². The van der Waals surface area contributed by atoms with Crippen molar-refractivity contribution in [2.24, 2.45) is 7.05 Å². The highest BCUT2D eigenvalue weighted by molar-refractivity contribution is 5.62. The van der Waals surface area contributed by atoms with Crippen molar-refractivity contribution in [1.29, 1.82) is 0 Å². The molecule has 1 heterocycles. The fourth-order valence-electron chi connectivity index (χ4n) is 2.14. The second-order valence-corrected chi connectivity index (χ2v) is 4.63. The van der Waals surface area contributed by atoms with Crippen molar-refractivity contribution in [2.45, 2.75) is 19.9 Å². The first kappa shape index (κ1) is 14.0. The van der Waals surface area contributed by atoms with Gasteiger partial charge in [-0.25, -0.2) is 4.39 Å². The summed E-state index contributed by atoms with van der Waals surface area (Å²) in [6.45, 7) is 3.70. The van der Waals surface area contributed by atoms with Gasteiger partial charge in [-0.2, -0.15) is 5.10 Å². The van der Waals surface area contributed by atoms with Gasteiger partial charge in [0.2, 0.25) is 0 Å². The van der Waals surface area contributed by atoms with E-state index in [0.29, 0.717) is 0 Å². The van der Waals surface area contributed by atoms with Crippen LogP contribution in [0, 0.1) is 22.9 Å². The van der Waals surface area contributed by atoms with Crippen molar-refractivity contribution in [3.05, 3.63) is 51.6 Å². The lowest BCUT2D eigenvalue weighted by Gasteiger charge is -2.14. The summed E-state index contributed by atoms with van der Waals surface area (Å²) in [4.78, 5) is 10.4. The molecule has 0 radical (unpaired) electrons. The Hall–Kier alpha value is -2.44. The van der Waals surface area contributed by atoms with E-state index in [1.807, 2.05) is 20.0 Å². The lowest BCUT2D eigenvalue weighted by Crippen LogP contribution is -2.09. The SMILES string of the molecule is Cc1nn(C)cc1C(C)Nc1cc(F)ccc1[N+](=O)[O-]. The zero-order valence-corrected chi connectivity index (χ0v) is 11.4. The third-order valence-corrected chi connectivity index (χ3v) is 3.05. The topological polar surface area (TPSA) is 73.0 Å². The van der Waals surface area contributed by atoms with E-state index in [4.69, 9.17) is 0 Å². The number of nitro groups is 1. The average Bonchev–Trinajstić information content (AvgIpc) is 2.68. The Kier molecular flexibility index (Phi) is 3.69. The molecule has 7 heteroatoms. The number of rotatable bonds is 4. The zero-order chi connectivity index (χ0) is 14.9. The van der Waals surface area contributed by atoms with E-state index in [1.54, 1.807) is 11.7 Å². The molecule has 0 aliphatic rings. The molecular weight excluding hydrogens is 263 g/mol. The summed E-state index contributed by atoms with van der Waals surface area (Å²) in [5.74, 6) is -0.520. The van der Waals surface area contributed by atoms with Crippen LogP contribution < -0.4 is 5.32 Å². The van der Waals surface area contributed by atoms with E-state index in [-0.39, 0.29) is 17.4 Å². The number of hydrogen-bond acceptors (Lipinski definition) is 4. The molecule has 1 unspecified atom stereocenters. The number of halogens is 1. The molecule has 1 aromatic carbocycles. The van der Waals surface area contributed by atoms with Crippen molar-refractivity contribution in [3.63, 3.8) is 0 Å². The molecule has 0 aliphatic heterocycles. The first-order chi connectivity index (χ1) is 9.38. The number of aryl methyl sites for hydroxylation is 2. The standard InChI is InChI=1S/C13H15FN4O2/c1-8(11-7-17(3)16-9(11)2)15-12-6-10(14)4-5-13(12)18(19)20/h4-8,15H,1-3H3. The van der Waals surface area contributed by atoms with Crippen LogP contribution in [0.5, 0.6) is 0 Å². The second-order valence-electron chi connectivity index (χ2n) is 4.63. The maximum Gasteiger partial charge on any atom is 0.292 e. The van der Waals surface area contributed by atoms with Crippen LogP contribution in [0.15, 0.2) is 24.4 Å². The lowest BCUT2D eigenvalue weighted by molar-refractivity contribution is -0.384. The molecule has 0 amide bonds. The number of nitrogens with one attached hydrogen (secondary N) is 1. The first-order valence-corrected chi connectivity index (χ1v) is 6.09. The first-order valence-electron chi connectivity index (χ1n) is 6.09. The highest BCUT2D eigenvalue weighted by Crippen LogP contribution is 2.29. The summed E-state index contributed by atoms with van der Waals surface area (Å²) >= 11 is 0. The quantitative estimate of drug-likeness (QED) is 0.689. The smallest absolute Gasteiger partial charge is 0.292 e. The van der Waals surface area contributed by atoms with Crippen LogP contribution in [0.2, 0.25) is 0 Å². The van der Waals surface area contributed by atoms with E-state index in [9.17, 15) is 14.5 Å². The number of anilines is 1. The van der Waals surface area contributed by atoms with Gasteiger partial charge >= 0.3 is 0 Å². The fourth-order valence-corrected chi connectivity index (χ4v) is 2.14. The Morgan fingerprint density at radius 1 is 1.50 bits per heavy atom. The van der Waals surface area contributed by atoms with Crippen LogP contribution >= 0.6 is 0 Å². The van der Waals surface area contributed by atoms with E-state index in [1.165, 1.54) is 0 Å². The van der Waals surface area contributed by atoms with Crippen LogP contribution in [-0.2, 0) is 7.05 Å². The summed E-state index contributed by atoms with van der Waals surface area (Å²) in [6.07, 6.45) is 1.83. The third-order valence-electron chi connectivity index (χ3n) is 3.05. The maximum atomic E-state index is 13.3. The van der Waals surface area contributed by atoms with Crippen LogP contribution in [0.1, 0.15) is 24.2 Å². The van der Waals surface area contributed by atoms with Crippen molar-refractivity contribution >= 4 is 11.4 Å². The number of benzene rings is 1. The van der Waals surface area contributed by atoms with Gasteiger partial charge in [-0.05, 0) is 19.9 Å². The maximum absolute atomic E-state index is 13.3. The molecule has 1 aromatic heterocycles. The number of hydrogen-bond donors (Lipinski definition) is 1. The van der Waals surface area contributed by atoms with Gasteiger partial charge in [-0.15, -0.1) is 0 Å². The molecule has 1 N–H and O–H groups in total. The molecule has 0 fully saturated rings. The van der Waals surface area contributed by atoms with Gasteiger partial charge in [0, 0.05) is 30.9 Å². The van der Waals surface area contributed by atoms with Crippen LogP contribution in [0.3, 0.4) is 0 Å². The fraction of sp³-hybridized carbons (Fsp3) is 0.308. The largest absolute Gasteiger partial charge is 0.373 e. The summed E-state index contributed by atoms with van der Waals surface area (Å²) < 4.78 is 14.9. The number of aromatic nitrogens is 2. The molecule has 6 nitrogen and oxygen atoms in total. The van der Waals surface area contributed by atoms with Gasteiger partial charge in [-0.1, -0.05) is 0 Å². The van der Waals surface area contributed by atoms with E-state index < -0.39 is 10.7 Å². The average molecular weight is 278 g/mol. The monoisotopic (exact) mass is 278 g/mol. The number of nitrogens with zero attached hydrogens (tertiary/aromatic N) is 3. The molecular formula is C13H15FN4O2. The Morgan fingerprint density at radius 3 is 2.75 bits per heavy atom. The highest BCUT2D eigenvalue weighted by atomic mass is 19.1. The van der Waals surface area contributed by atoms with Crippen LogP contribution in [0.4, 0.5) is 15.8 Å². The Labute approximate surface area is 115 Å². The minimum absolute atomic E-state index is 0.153. The molecule has 106 valence electrons. The molecule has 0 aliphatic carbocycles. The van der Waals surface area contributed by atoms with Gasteiger partial charge in [0.05, 0.1) is 16.7 Å². The van der Waals surface area contributed by atoms with Crippen LogP contribution in [0.25, 0.3) is 0 Å². The molecule has 2 rings (SSSR count). The van der Waals surface area contributed by atoms with E-state index in [0.717, 1.165) is 29.5 Å². The molecule has 0 saturated carbocycles. The minimum Gasteiger partial charge on any atom is -0.373 e. The van der Waals surface area contributed by atoms with Gasteiger partial charge in [0.25, 0.3) is 5.69 Å². The van der Waals surface area contributed by atoms with E-state index >= 15 is 0 Å². The van der Waals surface area contributed by atoms with Gasteiger partial charge in [0.15, 0.2) is 0 Å². The predicted molar refractivity (Wildman–Crippen MR) is 73.0 cm³/mol. The summed E-state index contributed by atoms with van der Waals surface area (Å²) in [7, 11) is 1.80. The Balaban J connectivity index is 2.32. The normalized spacial score (nSPS) is 12.2. The van der Waals surface area contributed by atoms with Gasteiger partial charge in [0.1, 0.15) is 11.5 Å². The van der Waals surface area contributed by atoms with Crippen molar-refractivity contribution < 1.29 is 9.31 Å². The molecule has 1 atom stereocenters.